The van der Waals surface area contributed by atoms with E-state index in [2.05, 4.69) is 79.0 Å². The van der Waals surface area contributed by atoms with Gasteiger partial charge in [-0.1, -0.05) is 30.3 Å². The van der Waals surface area contributed by atoms with Gasteiger partial charge in [-0.05, 0) is 25.0 Å². The summed E-state index contributed by atoms with van der Waals surface area (Å²) in [5.41, 5.74) is 6.59. The van der Waals surface area contributed by atoms with Crippen LogP contribution in [0.4, 0.5) is 11.4 Å². The zero-order chi connectivity index (χ0) is 13.4. The van der Waals surface area contributed by atoms with Gasteiger partial charge < -0.3 is 4.90 Å². The molecule has 3 rings (SSSR count). The first-order chi connectivity index (χ1) is 9.16. The Kier molecular flexibility index (Phi) is 2.86. The molecular weight excluding hydrogens is 232 g/mol. The molecule has 0 bridgehead atoms. The lowest BCUT2D eigenvalue weighted by Gasteiger charge is -2.26. The summed E-state index contributed by atoms with van der Waals surface area (Å²) < 4.78 is 2.30. The summed E-state index contributed by atoms with van der Waals surface area (Å²) in [5, 5.41) is 0. The van der Waals surface area contributed by atoms with Gasteiger partial charge in [0.25, 0.3) is 0 Å². The van der Waals surface area contributed by atoms with Gasteiger partial charge in [-0.3, -0.25) is 0 Å². The smallest absolute Gasteiger partial charge is 0.224 e. The Morgan fingerprint density at radius 3 is 2.37 bits per heavy atom. The number of para-hydroxylation sites is 1. The summed E-state index contributed by atoms with van der Waals surface area (Å²) in [5.74, 6) is 0. The van der Waals surface area contributed by atoms with Crippen molar-refractivity contribution in [2.24, 2.45) is 0 Å². The molecule has 0 amide bonds. The van der Waals surface area contributed by atoms with Crippen molar-refractivity contribution in [2.45, 2.75) is 13.8 Å². The van der Waals surface area contributed by atoms with Crippen LogP contribution in [-0.4, -0.2) is 24.5 Å². The van der Waals surface area contributed by atoms with Gasteiger partial charge in [0, 0.05) is 19.2 Å². The lowest BCUT2D eigenvalue weighted by Crippen LogP contribution is -2.33. The summed E-state index contributed by atoms with van der Waals surface area (Å²) >= 11 is 0. The molecule has 0 saturated carbocycles. The van der Waals surface area contributed by atoms with E-state index in [9.17, 15) is 0 Å². The Morgan fingerprint density at radius 1 is 0.947 bits per heavy atom. The normalized spacial score (nSPS) is 14.1. The summed E-state index contributed by atoms with van der Waals surface area (Å²) in [7, 11) is 2.16. The van der Waals surface area contributed by atoms with Crippen molar-refractivity contribution in [3.05, 3.63) is 59.2 Å². The number of benzene rings is 2. The van der Waals surface area contributed by atoms with Crippen LogP contribution in [0.3, 0.4) is 0 Å². The number of hydrogen-bond acceptors (Lipinski definition) is 1. The monoisotopic (exact) mass is 251 g/mol. The van der Waals surface area contributed by atoms with Gasteiger partial charge in [-0.25, -0.2) is 0 Å². The molecule has 1 heterocycles. The number of anilines is 1. The predicted molar refractivity (Wildman–Crippen MR) is 80.7 cm³/mol. The average molecular weight is 251 g/mol. The number of rotatable bonds is 1. The minimum atomic E-state index is 0.890. The Balaban J connectivity index is 2.17. The molecule has 0 aliphatic carbocycles. The van der Waals surface area contributed by atoms with E-state index in [1.54, 1.807) is 0 Å². The first kappa shape index (κ1) is 12.0. The SMILES string of the molecule is Cc1ccc(C)c2c1C=[N+](c1ccccc1)CN2C. The summed E-state index contributed by atoms with van der Waals surface area (Å²) in [4.78, 5) is 2.32. The Hall–Kier alpha value is -2.09. The summed E-state index contributed by atoms with van der Waals surface area (Å²) in [6.45, 7) is 5.25. The lowest BCUT2D eigenvalue weighted by atomic mass is 10.0. The topological polar surface area (TPSA) is 6.25 Å². The fraction of sp³-hybridized carbons (Fsp3) is 0.235. The molecule has 0 radical (unpaired) electrons. The first-order valence-corrected chi connectivity index (χ1v) is 6.65. The van der Waals surface area contributed by atoms with Crippen LogP contribution < -0.4 is 4.90 Å². The molecule has 0 saturated heterocycles. The van der Waals surface area contributed by atoms with Gasteiger partial charge in [0.2, 0.25) is 12.4 Å². The van der Waals surface area contributed by atoms with Crippen LogP contribution in [0.25, 0.3) is 0 Å². The van der Waals surface area contributed by atoms with Gasteiger partial charge >= 0.3 is 0 Å². The summed E-state index contributed by atoms with van der Waals surface area (Å²) in [6, 6.07) is 14.9. The lowest BCUT2D eigenvalue weighted by molar-refractivity contribution is -0.435. The molecule has 2 aromatic carbocycles. The predicted octanol–water partition coefficient (Wildman–Crippen LogP) is 3.47. The van der Waals surface area contributed by atoms with Gasteiger partial charge in [-0.2, -0.15) is 4.58 Å². The second kappa shape index (κ2) is 4.54. The molecular formula is C17H19N2+. The van der Waals surface area contributed by atoms with E-state index < -0.39 is 0 Å². The van der Waals surface area contributed by atoms with E-state index in [0.717, 1.165) is 6.67 Å². The van der Waals surface area contributed by atoms with Crippen LogP contribution in [-0.2, 0) is 0 Å². The number of fused-ring (bicyclic) bond motifs is 1. The molecule has 2 nitrogen and oxygen atoms in total. The molecule has 0 aromatic heterocycles. The molecule has 0 N–H and O–H groups in total. The van der Waals surface area contributed by atoms with Crippen LogP contribution in [0.15, 0.2) is 42.5 Å². The fourth-order valence-corrected chi connectivity index (χ4v) is 2.76. The zero-order valence-corrected chi connectivity index (χ0v) is 11.7. The molecule has 0 unspecified atom stereocenters. The van der Waals surface area contributed by atoms with Crippen molar-refractivity contribution >= 4 is 17.6 Å². The van der Waals surface area contributed by atoms with E-state index in [1.807, 2.05) is 0 Å². The van der Waals surface area contributed by atoms with Crippen LogP contribution >= 0.6 is 0 Å². The number of aryl methyl sites for hydroxylation is 2. The van der Waals surface area contributed by atoms with E-state index in [-0.39, 0.29) is 0 Å². The highest BCUT2D eigenvalue weighted by Crippen LogP contribution is 2.29. The third kappa shape index (κ3) is 2.03. The maximum atomic E-state index is 2.32. The van der Waals surface area contributed by atoms with Crippen LogP contribution in [0.2, 0.25) is 0 Å². The van der Waals surface area contributed by atoms with Crippen LogP contribution in [0, 0.1) is 13.8 Å². The molecule has 96 valence electrons. The van der Waals surface area contributed by atoms with E-state index in [0.29, 0.717) is 0 Å². The molecule has 0 atom stereocenters. The number of nitrogens with zero attached hydrogens (tertiary/aromatic N) is 2. The largest absolute Gasteiger partial charge is 0.319 e. The Labute approximate surface area is 114 Å². The standard InChI is InChI=1S/C17H19N2/c1-13-9-10-14(2)17-16(13)11-19(12-18(17)3)15-7-5-4-6-8-15/h4-11H,12H2,1-3H3/q+1. The van der Waals surface area contributed by atoms with Gasteiger partial charge in [-0.15, -0.1) is 0 Å². The molecule has 1 aliphatic rings. The van der Waals surface area contributed by atoms with E-state index in [1.165, 1.54) is 28.1 Å². The van der Waals surface area contributed by atoms with Crippen molar-refractivity contribution in [3.63, 3.8) is 0 Å². The van der Waals surface area contributed by atoms with Crippen molar-refractivity contribution < 1.29 is 4.58 Å². The van der Waals surface area contributed by atoms with Gasteiger partial charge in [0.15, 0.2) is 6.21 Å². The highest BCUT2D eigenvalue weighted by atomic mass is 15.3. The van der Waals surface area contributed by atoms with Crippen LogP contribution in [0.1, 0.15) is 16.7 Å². The minimum absolute atomic E-state index is 0.890. The second-order valence-electron chi connectivity index (χ2n) is 5.24. The first-order valence-electron chi connectivity index (χ1n) is 6.65. The zero-order valence-electron chi connectivity index (χ0n) is 11.7. The molecule has 0 spiro atoms. The third-order valence-corrected chi connectivity index (χ3v) is 3.76. The third-order valence-electron chi connectivity index (χ3n) is 3.76. The van der Waals surface area contributed by atoms with E-state index >= 15 is 0 Å². The van der Waals surface area contributed by atoms with Crippen molar-refractivity contribution in [2.75, 3.05) is 18.6 Å². The maximum Gasteiger partial charge on any atom is 0.224 e. The van der Waals surface area contributed by atoms with Crippen LogP contribution in [0.5, 0.6) is 0 Å². The van der Waals surface area contributed by atoms with E-state index in [4.69, 9.17) is 0 Å². The molecule has 2 heteroatoms. The molecule has 2 aromatic rings. The fourth-order valence-electron chi connectivity index (χ4n) is 2.76. The highest BCUT2D eigenvalue weighted by molar-refractivity contribution is 5.90. The minimum Gasteiger partial charge on any atom is -0.319 e. The summed E-state index contributed by atoms with van der Waals surface area (Å²) in [6.07, 6.45) is 2.27. The average Bonchev–Trinajstić information content (AvgIpc) is 2.43. The van der Waals surface area contributed by atoms with Gasteiger partial charge in [0.05, 0.1) is 11.3 Å². The molecule has 0 fully saturated rings. The molecule has 19 heavy (non-hydrogen) atoms. The van der Waals surface area contributed by atoms with Gasteiger partial charge in [0.1, 0.15) is 0 Å². The highest BCUT2D eigenvalue weighted by Gasteiger charge is 2.24. The van der Waals surface area contributed by atoms with Crippen molar-refractivity contribution in [3.8, 4) is 0 Å². The quantitative estimate of drug-likeness (QED) is 0.703. The Bertz CT molecular complexity index is 642. The second-order valence-corrected chi connectivity index (χ2v) is 5.24. The van der Waals surface area contributed by atoms with Crippen molar-refractivity contribution in [1.29, 1.82) is 0 Å². The maximum absolute atomic E-state index is 2.32. The number of hydrogen-bond donors (Lipinski definition) is 0. The Morgan fingerprint density at radius 2 is 1.63 bits per heavy atom. The molecule has 1 aliphatic heterocycles. The van der Waals surface area contributed by atoms with Crippen molar-refractivity contribution in [1.82, 2.24) is 0 Å².